The zero-order valence-corrected chi connectivity index (χ0v) is 17.5. The molecule has 5 rings (SSSR count). The molecular weight excluding hydrogens is 408 g/mol. The van der Waals surface area contributed by atoms with Crippen molar-refractivity contribution < 1.29 is 9.90 Å². The molecule has 0 fully saturated rings. The van der Waals surface area contributed by atoms with Crippen LogP contribution in [0.2, 0.25) is 0 Å². The number of aliphatic hydroxyl groups is 1. The maximum absolute atomic E-state index is 13.4. The van der Waals surface area contributed by atoms with Crippen LogP contribution in [0.1, 0.15) is 35.3 Å². The molecule has 31 heavy (non-hydrogen) atoms. The molecular formula is C24H20N4O2S. The Bertz CT molecular complexity index is 1200. The van der Waals surface area contributed by atoms with Crippen LogP contribution in [0, 0.1) is 0 Å². The fraction of sp³-hybridized carbons (Fsp3) is 0.167. The first kappa shape index (κ1) is 19.4. The molecule has 1 aromatic carbocycles. The Morgan fingerprint density at radius 3 is 2.74 bits per heavy atom. The number of aliphatic hydroxyl groups excluding tert-OH is 1. The van der Waals surface area contributed by atoms with Crippen molar-refractivity contribution in [3.8, 4) is 10.6 Å². The van der Waals surface area contributed by atoms with E-state index in [1.54, 1.807) is 17.8 Å². The van der Waals surface area contributed by atoms with Gasteiger partial charge in [0.2, 0.25) is 0 Å². The summed E-state index contributed by atoms with van der Waals surface area (Å²) < 4.78 is 0. The highest BCUT2D eigenvalue weighted by Crippen LogP contribution is 2.32. The minimum Gasteiger partial charge on any atom is -0.512 e. The number of carbonyl (C=O) groups is 1. The van der Waals surface area contributed by atoms with Crippen LogP contribution in [-0.4, -0.2) is 37.7 Å². The molecule has 1 N–H and O–H groups in total. The Balaban J connectivity index is 1.50. The number of thiazole rings is 1. The first-order valence-corrected chi connectivity index (χ1v) is 11.0. The summed E-state index contributed by atoms with van der Waals surface area (Å²) in [5, 5.41) is 19.2. The number of rotatable bonds is 4. The van der Waals surface area contributed by atoms with E-state index in [0.29, 0.717) is 24.3 Å². The molecule has 1 atom stereocenters. The van der Waals surface area contributed by atoms with Gasteiger partial charge in [0.05, 0.1) is 17.5 Å². The van der Waals surface area contributed by atoms with E-state index in [4.69, 9.17) is 0 Å². The van der Waals surface area contributed by atoms with Crippen molar-refractivity contribution in [1.29, 1.82) is 0 Å². The summed E-state index contributed by atoms with van der Waals surface area (Å²) in [6, 6.07) is 13.2. The van der Waals surface area contributed by atoms with E-state index in [0.717, 1.165) is 33.8 Å². The van der Waals surface area contributed by atoms with E-state index in [1.165, 1.54) is 16.3 Å². The molecule has 1 aliphatic carbocycles. The van der Waals surface area contributed by atoms with Crippen LogP contribution in [0.4, 0.5) is 0 Å². The molecule has 1 amide bonds. The zero-order valence-electron chi connectivity index (χ0n) is 16.7. The molecule has 1 unspecified atom stereocenters. The first-order valence-electron chi connectivity index (χ1n) is 10.1. The number of carbonyl (C=O) groups excluding carboxylic acids is 1. The standard InChI is InChI=1S/C24H20N4O2S/c29-22-11-5-4-10-18(22)21-13-19(17-9-6-12-25-14-17)27-28(21)24(30)20-15-31-23(26-20)16-7-2-1-3-8-16/h1-4,6-10,12,14-15,21,29H,5,11,13H2. The van der Waals surface area contributed by atoms with Gasteiger partial charge in [-0.2, -0.15) is 5.10 Å². The summed E-state index contributed by atoms with van der Waals surface area (Å²) in [7, 11) is 0. The zero-order chi connectivity index (χ0) is 21.2. The van der Waals surface area contributed by atoms with Crippen molar-refractivity contribution in [2.75, 3.05) is 0 Å². The van der Waals surface area contributed by atoms with Crippen LogP contribution in [0.3, 0.4) is 0 Å². The van der Waals surface area contributed by atoms with Crippen LogP contribution in [0.25, 0.3) is 10.6 Å². The molecule has 3 heterocycles. The number of amides is 1. The van der Waals surface area contributed by atoms with Crippen LogP contribution in [0.15, 0.2) is 88.8 Å². The summed E-state index contributed by atoms with van der Waals surface area (Å²) in [5.74, 6) is 0.0396. The largest absolute Gasteiger partial charge is 0.512 e. The maximum atomic E-state index is 13.4. The molecule has 0 spiro atoms. The van der Waals surface area contributed by atoms with Crippen molar-refractivity contribution in [1.82, 2.24) is 15.0 Å². The van der Waals surface area contributed by atoms with Crippen LogP contribution in [-0.2, 0) is 0 Å². The van der Waals surface area contributed by atoms with Gasteiger partial charge in [0.15, 0.2) is 0 Å². The monoisotopic (exact) mass is 428 g/mol. The highest BCUT2D eigenvalue weighted by Gasteiger charge is 2.37. The molecule has 0 saturated carbocycles. The predicted octanol–water partition coefficient (Wildman–Crippen LogP) is 4.99. The quantitative estimate of drug-likeness (QED) is 0.635. The molecule has 154 valence electrons. The summed E-state index contributed by atoms with van der Waals surface area (Å²) in [4.78, 5) is 22.2. The highest BCUT2D eigenvalue weighted by molar-refractivity contribution is 7.13. The molecule has 2 aromatic heterocycles. The SMILES string of the molecule is O=C(c1csc(-c2ccccc2)n1)N1N=C(c2cccnc2)CC1C1=C(O)CCC=C1. The van der Waals surface area contributed by atoms with Gasteiger partial charge in [0.25, 0.3) is 5.91 Å². The van der Waals surface area contributed by atoms with Gasteiger partial charge in [-0.1, -0.05) is 48.6 Å². The van der Waals surface area contributed by atoms with Gasteiger partial charge in [-0.3, -0.25) is 9.78 Å². The predicted molar refractivity (Wildman–Crippen MR) is 121 cm³/mol. The van der Waals surface area contributed by atoms with Crippen LogP contribution < -0.4 is 0 Å². The minimum absolute atomic E-state index is 0.276. The summed E-state index contributed by atoms with van der Waals surface area (Å²) in [5.41, 5.74) is 3.69. The van der Waals surface area contributed by atoms with E-state index in [2.05, 4.69) is 15.1 Å². The van der Waals surface area contributed by atoms with Crippen molar-refractivity contribution in [2.24, 2.45) is 5.10 Å². The second-order valence-corrected chi connectivity index (χ2v) is 8.26. The fourth-order valence-corrected chi connectivity index (χ4v) is 4.62. The second kappa shape index (κ2) is 8.28. The Labute approximate surface area is 183 Å². The molecule has 0 bridgehead atoms. The molecule has 0 saturated heterocycles. The van der Waals surface area contributed by atoms with E-state index in [9.17, 15) is 9.90 Å². The number of nitrogens with zero attached hydrogens (tertiary/aromatic N) is 4. The third-order valence-corrected chi connectivity index (χ3v) is 6.29. The van der Waals surface area contributed by atoms with Crippen molar-refractivity contribution in [3.05, 3.63) is 95.0 Å². The number of aromatic nitrogens is 2. The number of allylic oxidation sites excluding steroid dienone is 2. The third kappa shape index (κ3) is 3.80. The van der Waals surface area contributed by atoms with E-state index in [-0.39, 0.29) is 11.9 Å². The topological polar surface area (TPSA) is 78.7 Å². The normalized spacial score (nSPS) is 18.4. The van der Waals surface area contributed by atoms with Gasteiger partial charge in [-0.15, -0.1) is 11.3 Å². The third-order valence-electron chi connectivity index (χ3n) is 5.39. The lowest BCUT2D eigenvalue weighted by atomic mass is 9.93. The van der Waals surface area contributed by atoms with Gasteiger partial charge in [0, 0.05) is 47.3 Å². The molecule has 2 aliphatic rings. The van der Waals surface area contributed by atoms with Crippen molar-refractivity contribution in [2.45, 2.75) is 25.3 Å². The smallest absolute Gasteiger partial charge is 0.294 e. The fourth-order valence-electron chi connectivity index (χ4n) is 3.82. The lowest BCUT2D eigenvalue weighted by molar-refractivity contribution is 0.0729. The number of hydrazone groups is 1. The lowest BCUT2D eigenvalue weighted by Crippen LogP contribution is -2.35. The second-order valence-electron chi connectivity index (χ2n) is 7.41. The van der Waals surface area contributed by atoms with Gasteiger partial charge >= 0.3 is 0 Å². The average molecular weight is 429 g/mol. The van der Waals surface area contributed by atoms with Gasteiger partial charge < -0.3 is 5.11 Å². The minimum atomic E-state index is -0.374. The summed E-state index contributed by atoms with van der Waals surface area (Å²) >= 11 is 1.43. The molecule has 6 nitrogen and oxygen atoms in total. The summed E-state index contributed by atoms with van der Waals surface area (Å²) in [6.45, 7) is 0. The Kier molecular flexibility index (Phi) is 5.18. The Hall–Kier alpha value is -3.58. The van der Waals surface area contributed by atoms with E-state index < -0.39 is 0 Å². The molecule has 0 radical (unpaired) electrons. The number of hydrogen-bond donors (Lipinski definition) is 1. The Morgan fingerprint density at radius 2 is 1.97 bits per heavy atom. The van der Waals surface area contributed by atoms with Crippen LogP contribution in [0.5, 0.6) is 0 Å². The van der Waals surface area contributed by atoms with Crippen molar-refractivity contribution >= 4 is 23.0 Å². The average Bonchev–Trinajstić information content (AvgIpc) is 3.48. The van der Waals surface area contributed by atoms with Crippen molar-refractivity contribution in [3.63, 3.8) is 0 Å². The van der Waals surface area contributed by atoms with Gasteiger partial charge in [-0.25, -0.2) is 9.99 Å². The molecule has 7 heteroatoms. The van der Waals surface area contributed by atoms with Gasteiger partial charge in [0.1, 0.15) is 10.7 Å². The lowest BCUT2D eigenvalue weighted by Gasteiger charge is -2.24. The van der Waals surface area contributed by atoms with Gasteiger partial charge in [-0.05, 0) is 12.5 Å². The first-order chi connectivity index (χ1) is 15.2. The number of hydrogen-bond acceptors (Lipinski definition) is 6. The Morgan fingerprint density at radius 1 is 1.13 bits per heavy atom. The number of pyridine rings is 1. The molecule has 1 aliphatic heterocycles. The van der Waals surface area contributed by atoms with E-state index >= 15 is 0 Å². The number of benzene rings is 1. The summed E-state index contributed by atoms with van der Waals surface area (Å²) in [6.07, 6.45) is 9.25. The maximum Gasteiger partial charge on any atom is 0.294 e. The van der Waals surface area contributed by atoms with Crippen LogP contribution >= 0.6 is 11.3 Å². The van der Waals surface area contributed by atoms with E-state index in [1.807, 2.05) is 54.6 Å². The highest BCUT2D eigenvalue weighted by atomic mass is 32.1. The molecule has 3 aromatic rings.